The quantitative estimate of drug-likeness (QED) is 0.283. The van der Waals surface area contributed by atoms with Crippen molar-refractivity contribution in [2.24, 2.45) is 0 Å². The molecule has 2 aromatic carbocycles. The Hall–Kier alpha value is -3.73. The molecule has 11 heteroatoms. The molecule has 2 fully saturated rings. The Balaban J connectivity index is 1.39. The maximum absolute atomic E-state index is 13.9. The summed E-state index contributed by atoms with van der Waals surface area (Å²) in [7, 11) is 0. The highest BCUT2D eigenvalue weighted by atomic mass is 19.4. The topological polar surface area (TPSA) is 79.3 Å². The molecule has 1 saturated carbocycles. The van der Waals surface area contributed by atoms with Crippen molar-refractivity contribution in [3.05, 3.63) is 77.2 Å². The molecule has 1 aliphatic carbocycles. The Kier molecular flexibility index (Phi) is 9.25. The first kappa shape index (κ1) is 29.8. The molecule has 0 radical (unpaired) electrons. The zero-order valence-electron chi connectivity index (χ0n) is 23.3. The normalized spacial score (nSPS) is 17.0. The highest BCUT2D eigenvalue weighted by Crippen LogP contribution is 2.40. The van der Waals surface area contributed by atoms with E-state index in [4.69, 9.17) is 0 Å². The lowest BCUT2D eigenvalue weighted by atomic mass is 10.0. The summed E-state index contributed by atoms with van der Waals surface area (Å²) in [6.07, 6.45) is 1.72. The summed E-state index contributed by atoms with van der Waals surface area (Å²) >= 11 is 0. The van der Waals surface area contributed by atoms with E-state index < -0.39 is 23.7 Å². The number of hydrazine groups is 1. The van der Waals surface area contributed by atoms with Gasteiger partial charge in [-0.3, -0.25) is 19.7 Å². The summed E-state index contributed by atoms with van der Waals surface area (Å²) in [4.78, 5) is 26.4. The average Bonchev–Trinajstić information content (AvgIpc) is 3.74. The van der Waals surface area contributed by atoms with Crippen molar-refractivity contribution in [3.63, 3.8) is 0 Å². The maximum atomic E-state index is 13.9. The van der Waals surface area contributed by atoms with Gasteiger partial charge in [0, 0.05) is 31.1 Å². The molecule has 1 aromatic heterocycles. The van der Waals surface area contributed by atoms with E-state index in [1.54, 1.807) is 22.9 Å². The van der Waals surface area contributed by atoms with Crippen molar-refractivity contribution in [2.45, 2.75) is 76.0 Å². The van der Waals surface area contributed by atoms with E-state index in [-0.39, 0.29) is 41.1 Å². The number of alkyl halides is 3. The van der Waals surface area contributed by atoms with E-state index in [0.717, 1.165) is 63.2 Å². The zero-order valence-corrected chi connectivity index (χ0v) is 23.3. The van der Waals surface area contributed by atoms with Crippen LogP contribution in [0.3, 0.4) is 0 Å². The Morgan fingerprint density at radius 3 is 2.36 bits per heavy atom. The van der Waals surface area contributed by atoms with E-state index in [1.165, 1.54) is 30.3 Å². The van der Waals surface area contributed by atoms with Crippen molar-refractivity contribution in [3.8, 4) is 11.3 Å². The lowest BCUT2D eigenvalue weighted by molar-refractivity contribution is -0.137. The van der Waals surface area contributed by atoms with Crippen LogP contribution in [0.15, 0.2) is 54.6 Å². The third kappa shape index (κ3) is 7.36. The fraction of sp³-hybridized carbons (Fsp3) is 0.452. The van der Waals surface area contributed by atoms with Gasteiger partial charge in [-0.15, -0.1) is 0 Å². The monoisotopic (exact) mass is 585 g/mol. The SMILES string of the molecule is O=C(C[C@H](CCc1ccc(F)cc1)NC(=O)c1cc(-c2ccccc2C(F)(F)F)n(C2CCCC2)n1)NN1CCCC1. The molecule has 1 atom stereocenters. The molecule has 0 unspecified atom stereocenters. The molecule has 2 amide bonds. The predicted octanol–water partition coefficient (Wildman–Crippen LogP) is 6.07. The van der Waals surface area contributed by atoms with Crippen LogP contribution in [0.25, 0.3) is 11.3 Å². The van der Waals surface area contributed by atoms with Crippen LogP contribution in [0.4, 0.5) is 17.6 Å². The molecular weight excluding hydrogens is 550 g/mol. The highest BCUT2D eigenvalue weighted by Gasteiger charge is 2.35. The third-order valence-electron chi connectivity index (χ3n) is 8.00. The van der Waals surface area contributed by atoms with E-state index in [2.05, 4.69) is 15.8 Å². The number of aromatic nitrogens is 2. The molecule has 3 aromatic rings. The van der Waals surface area contributed by atoms with Crippen LogP contribution in [0, 0.1) is 5.82 Å². The molecule has 224 valence electrons. The van der Waals surface area contributed by atoms with Gasteiger partial charge in [0.25, 0.3) is 5.91 Å². The van der Waals surface area contributed by atoms with Gasteiger partial charge in [-0.2, -0.15) is 18.3 Å². The van der Waals surface area contributed by atoms with Crippen molar-refractivity contribution in [2.75, 3.05) is 13.1 Å². The number of rotatable bonds is 10. The van der Waals surface area contributed by atoms with Crippen LogP contribution in [0.1, 0.15) is 79.0 Å². The number of carbonyl (C=O) groups is 2. The first-order valence-corrected chi connectivity index (χ1v) is 14.5. The number of aryl methyl sites for hydroxylation is 1. The zero-order chi connectivity index (χ0) is 29.7. The van der Waals surface area contributed by atoms with Gasteiger partial charge < -0.3 is 5.32 Å². The molecule has 1 saturated heterocycles. The van der Waals surface area contributed by atoms with Gasteiger partial charge in [0.1, 0.15) is 5.82 Å². The van der Waals surface area contributed by atoms with Gasteiger partial charge in [0.2, 0.25) is 5.91 Å². The van der Waals surface area contributed by atoms with Gasteiger partial charge in [-0.25, -0.2) is 9.40 Å². The van der Waals surface area contributed by atoms with Gasteiger partial charge in [-0.1, -0.05) is 43.2 Å². The molecule has 0 spiro atoms. The van der Waals surface area contributed by atoms with Gasteiger partial charge >= 0.3 is 6.18 Å². The maximum Gasteiger partial charge on any atom is 0.417 e. The Bertz CT molecular complexity index is 1380. The van der Waals surface area contributed by atoms with Crippen LogP contribution >= 0.6 is 0 Å². The van der Waals surface area contributed by atoms with Crippen molar-refractivity contribution in [1.82, 2.24) is 25.5 Å². The first-order chi connectivity index (χ1) is 20.2. The fourth-order valence-corrected chi connectivity index (χ4v) is 5.84. The second-order valence-electron chi connectivity index (χ2n) is 11.1. The molecule has 2 N–H and O–H groups in total. The molecule has 2 heterocycles. The number of nitrogens with zero attached hydrogens (tertiary/aromatic N) is 3. The van der Waals surface area contributed by atoms with Crippen molar-refractivity contribution < 1.29 is 27.2 Å². The van der Waals surface area contributed by atoms with Crippen molar-refractivity contribution >= 4 is 11.8 Å². The predicted molar refractivity (Wildman–Crippen MR) is 150 cm³/mol. The van der Waals surface area contributed by atoms with Crippen LogP contribution in [-0.2, 0) is 17.4 Å². The largest absolute Gasteiger partial charge is 0.417 e. The van der Waals surface area contributed by atoms with Crippen molar-refractivity contribution in [1.29, 1.82) is 0 Å². The van der Waals surface area contributed by atoms with E-state index in [1.807, 2.05) is 5.01 Å². The lowest BCUT2D eigenvalue weighted by Crippen LogP contribution is -2.44. The number of halogens is 4. The molecule has 2 aliphatic rings. The summed E-state index contributed by atoms with van der Waals surface area (Å²) in [5, 5.41) is 9.29. The van der Waals surface area contributed by atoms with Crippen LogP contribution in [0.5, 0.6) is 0 Å². The minimum Gasteiger partial charge on any atom is -0.347 e. The van der Waals surface area contributed by atoms with Crippen LogP contribution in [0.2, 0.25) is 0 Å². The smallest absolute Gasteiger partial charge is 0.347 e. The van der Waals surface area contributed by atoms with E-state index >= 15 is 0 Å². The fourth-order valence-electron chi connectivity index (χ4n) is 5.84. The average molecular weight is 586 g/mol. The number of nitrogens with one attached hydrogen (secondary N) is 2. The summed E-state index contributed by atoms with van der Waals surface area (Å²) in [5.74, 6) is -1.15. The Morgan fingerprint density at radius 2 is 1.67 bits per heavy atom. The summed E-state index contributed by atoms with van der Waals surface area (Å²) in [6.45, 7) is 1.53. The molecule has 42 heavy (non-hydrogen) atoms. The third-order valence-corrected chi connectivity index (χ3v) is 8.00. The van der Waals surface area contributed by atoms with Crippen LogP contribution < -0.4 is 10.7 Å². The number of hydrogen-bond acceptors (Lipinski definition) is 4. The molecule has 5 rings (SSSR count). The number of hydrogen-bond donors (Lipinski definition) is 2. The standard InChI is InChI=1S/C31H35F4N5O2/c32-22-14-11-21(12-15-22)13-16-23(19-29(41)38-39-17-5-6-18-39)36-30(42)27-20-28(40(37-27)24-7-1-2-8-24)25-9-3-4-10-26(25)31(33,34)35/h3-4,9-12,14-15,20,23-24H,1-2,5-8,13,16-19H2,(H,36,42)(H,38,41)/t23-/m0/s1. The number of amides is 2. The number of benzene rings is 2. The summed E-state index contributed by atoms with van der Waals surface area (Å²) in [6, 6.07) is 12.1. The minimum atomic E-state index is -4.57. The summed E-state index contributed by atoms with van der Waals surface area (Å²) in [5.41, 5.74) is 3.17. The van der Waals surface area contributed by atoms with Crippen LogP contribution in [-0.4, -0.2) is 45.7 Å². The highest BCUT2D eigenvalue weighted by molar-refractivity contribution is 5.94. The summed E-state index contributed by atoms with van der Waals surface area (Å²) < 4.78 is 56.7. The van der Waals surface area contributed by atoms with Gasteiger partial charge in [-0.05, 0) is 68.4 Å². The molecule has 0 bridgehead atoms. The second-order valence-corrected chi connectivity index (χ2v) is 11.1. The van der Waals surface area contributed by atoms with E-state index in [0.29, 0.717) is 12.8 Å². The molecular formula is C31H35F4N5O2. The Labute approximate surface area is 242 Å². The van der Waals surface area contributed by atoms with E-state index in [9.17, 15) is 27.2 Å². The minimum absolute atomic E-state index is 0.000566. The lowest BCUT2D eigenvalue weighted by Gasteiger charge is -2.21. The van der Waals surface area contributed by atoms with Gasteiger partial charge in [0.15, 0.2) is 5.69 Å². The molecule has 7 nitrogen and oxygen atoms in total. The second kappa shape index (κ2) is 13.1. The van der Waals surface area contributed by atoms with Gasteiger partial charge in [0.05, 0.1) is 17.3 Å². The first-order valence-electron chi connectivity index (χ1n) is 14.5. The number of carbonyl (C=O) groups excluding carboxylic acids is 2. The Morgan fingerprint density at radius 1 is 0.976 bits per heavy atom. The molecule has 1 aliphatic heterocycles.